The second-order valence-electron chi connectivity index (χ2n) is 4.04. The van der Waals surface area contributed by atoms with Gasteiger partial charge in [-0.1, -0.05) is 0 Å². The summed E-state index contributed by atoms with van der Waals surface area (Å²) in [5, 5.41) is 0. The van der Waals surface area contributed by atoms with Crippen molar-refractivity contribution in [3.63, 3.8) is 0 Å². The molecular formula is C10H14N8O2. The molecule has 0 radical (unpaired) electrons. The highest BCUT2D eigenvalue weighted by Gasteiger charge is 2.18. The van der Waals surface area contributed by atoms with Gasteiger partial charge in [0.15, 0.2) is 17.3 Å². The van der Waals surface area contributed by atoms with Gasteiger partial charge in [0.2, 0.25) is 11.8 Å². The van der Waals surface area contributed by atoms with Crippen LogP contribution in [0.2, 0.25) is 0 Å². The van der Waals surface area contributed by atoms with Gasteiger partial charge in [0.25, 0.3) is 0 Å². The van der Waals surface area contributed by atoms with Crippen LogP contribution >= 0.6 is 0 Å². The summed E-state index contributed by atoms with van der Waals surface area (Å²) >= 11 is 0. The first-order valence-corrected chi connectivity index (χ1v) is 5.63. The number of hydrogen-bond donors (Lipinski definition) is 4. The third kappa shape index (κ3) is 2.75. The van der Waals surface area contributed by atoms with Crippen LogP contribution in [0.15, 0.2) is 18.6 Å². The van der Waals surface area contributed by atoms with Gasteiger partial charge in [-0.05, 0) is 0 Å². The van der Waals surface area contributed by atoms with E-state index in [1.54, 1.807) is 23.0 Å². The first-order valence-electron chi connectivity index (χ1n) is 5.63. The van der Waals surface area contributed by atoms with Gasteiger partial charge in [-0.25, -0.2) is 15.8 Å². The molecule has 2 rings (SSSR count). The third-order valence-corrected chi connectivity index (χ3v) is 2.50. The van der Waals surface area contributed by atoms with Crippen molar-refractivity contribution in [1.82, 2.24) is 14.4 Å². The minimum Gasteiger partial charge on any atom is -0.368 e. The zero-order chi connectivity index (χ0) is 14.7. The largest absolute Gasteiger partial charge is 0.368 e. The quantitative estimate of drug-likeness (QED) is 0.344. The van der Waals surface area contributed by atoms with Crippen molar-refractivity contribution in [2.45, 2.75) is 0 Å². The first kappa shape index (κ1) is 13.5. The summed E-state index contributed by atoms with van der Waals surface area (Å²) < 4.78 is 1.65. The smallest absolute Gasteiger partial charge is 0.237 e. The molecule has 0 aliphatic carbocycles. The van der Waals surface area contributed by atoms with Crippen molar-refractivity contribution in [3.8, 4) is 0 Å². The van der Waals surface area contributed by atoms with E-state index in [0.717, 1.165) is 0 Å². The Morgan fingerprint density at radius 2 is 1.95 bits per heavy atom. The van der Waals surface area contributed by atoms with Crippen molar-refractivity contribution >= 4 is 29.1 Å². The highest BCUT2D eigenvalue weighted by atomic mass is 16.2. The molecule has 20 heavy (non-hydrogen) atoms. The fourth-order valence-electron chi connectivity index (χ4n) is 1.78. The number of hydrogen-bond acceptors (Lipinski definition) is 7. The maximum absolute atomic E-state index is 11.1. The lowest BCUT2D eigenvalue weighted by Gasteiger charge is -2.21. The molecule has 0 spiro atoms. The van der Waals surface area contributed by atoms with Crippen LogP contribution < -0.4 is 27.6 Å². The Morgan fingerprint density at radius 1 is 1.30 bits per heavy atom. The molecule has 0 bridgehead atoms. The predicted molar refractivity (Wildman–Crippen MR) is 71.4 cm³/mol. The zero-order valence-electron chi connectivity index (χ0n) is 10.5. The Labute approximate surface area is 113 Å². The highest BCUT2D eigenvalue weighted by molar-refractivity contribution is 5.86. The molecule has 2 amide bonds. The molecule has 10 heteroatoms. The Bertz CT molecular complexity index is 636. The molecule has 2 aromatic heterocycles. The molecule has 2 heterocycles. The summed E-state index contributed by atoms with van der Waals surface area (Å²) in [6, 6.07) is 0. The first-order chi connectivity index (χ1) is 9.51. The van der Waals surface area contributed by atoms with Crippen LogP contribution in [-0.4, -0.2) is 39.3 Å². The third-order valence-electron chi connectivity index (χ3n) is 2.50. The van der Waals surface area contributed by atoms with E-state index in [2.05, 4.69) is 15.4 Å². The number of hydrazine groups is 1. The van der Waals surface area contributed by atoms with Crippen LogP contribution in [0.25, 0.3) is 5.65 Å². The lowest BCUT2D eigenvalue weighted by atomic mass is 10.4. The van der Waals surface area contributed by atoms with Crippen molar-refractivity contribution < 1.29 is 9.59 Å². The fourth-order valence-corrected chi connectivity index (χ4v) is 1.78. The SMILES string of the molecule is NNc1cn2ccnc2c(N(CC(N)=O)CC(N)=O)n1. The van der Waals surface area contributed by atoms with Crippen LogP contribution in [0.4, 0.5) is 11.6 Å². The Hall–Kier alpha value is -2.88. The number of nitrogens with zero attached hydrogens (tertiary/aromatic N) is 4. The normalized spacial score (nSPS) is 10.4. The summed E-state index contributed by atoms with van der Waals surface area (Å²) in [4.78, 5) is 31.9. The zero-order valence-corrected chi connectivity index (χ0v) is 10.5. The maximum Gasteiger partial charge on any atom is 0.237 e. The Balaban J connectivity index is 2.52. The predicted octanol–water partition coefficient (Wildman–Crippen LogP) is -2.21. The number of fused-ring (bicyclic) bond motifs is 1. The summed E-state index contributed by atoms with van der Waals surface area (Å²) in [6.07, 6.45) is 4.83. The van der Waals surface area contributed by atoms with Crippen molar-refractivity contribution in [1.29, 1.82) is 0 Å². The van der Waals surface area contributed by atoms with Gasteiger partial charge in [-0.15, -0.1) is 0 Å². The molecular weight excluding hydrogens is 264 g/mol. The topological polar surface area (TPSA) is 158 Å². The number of rotatable bonds is 6. The number of carbonyl (C=O) groups excluding carboxylic acids is 2. The summed E-state index contributed by atoms with van der Waals surface area (Å²) in [5.74, 6) is 4.71. The molecule has 106 valence electrons. The summed E-state index contributed by atoms with van der Waals surface area (Å²) in [5.41, 5.74) is 13.2. The summed E-state index contributed by atoms with van der Waals surface area (Å²) in [7, 11) is 0. The van der Waals surface area contributed by atoms with Crippen LogP contribution in [-0.2, 0) is 9.59 Å². The van der Waals surface area contributed by atoms with Crippen molar-refractivity contribution in [2.24, 2.45) is 17.3 Å². The van der Waals surface area contributed by atoms with Gasteiger partial charge < -0.3 is 26.2 Å². The number of primary amides is 2. The second-order valence-corrected chi connectivity index (χ2v) is 4.04. The number of amides is 2. The molecule has 10 nitrogen and oxygen atoms in total. The van der Waals surface area contributed by atoms with Crippen LogP contribution in [0.1, 0.15) is 0 Å². The van der Waals surface area contributed by atoms with Crippen molar-refractivity contribution in [3.05, 3.63) is 18.6 Å². The minimum atomic E-state index is -0.621. The van der Waals surface area contributed by atoms with E-state index in [0.29, 0.717) is 11.5 Å². The van der Waals surface area contributed by atoms with E-state index < -0.39 is 11.8 Å². The fraction of sp³-hybridized carbons (Fsp3) is 0.200. The number of nitrogens with one attached hydrogen (secondary N) is 1. The van der Waals surface area contributed by atoms with Gasteiger partial charge in [0, 0.05) is 12.4 Å². The van der Waals surface area contributed by atoms with Crippen LogP contribution in [0, 0.1) is 0 Å². The molecule has 0 aromatic carbocycles. The molecule has 7 N–H and O–H groups in total. The Kier molecular flexibility index (Phi) is 3.66. The Morgan fingerprint density at radius 3 is 2.50 bits per heavy atom. The minimum absolute atomic E-state index is 0.216. The number of imidazole rings is 1. The van der Waals surface area contributed by atoms with Gasteiger partial charge in [0.05, 0.1) is 19.3 Å². The molecule has 0 aliphatic rings. The number of carbonyl (C=O) groups is 2. The van der Waals surface area contributed by atoms with Crippen LogP contribution in [0.5, 0.6) is 0 Å². The lowest BCUT2D eigenvalue weighted by molar-refractivity contribution is -0.117. The van der Waals surface area contributed by atoms with E-state index in [-0.39, 0.29) is 18.9 Å². The van der Waals surface area contributed by atoms with Gasteiger partial charge >= 0.3 is 0 Å². The van der Waals surface area contributed by atoms with Gasteiger partial charge in [-0.2, -0.15) is 0 Å². The molecule has 0 atom stereocenters. The standard InChI is InChI=1S/C10H14N8O2/c11-6(19)3-18(4-7(12)20)10-9-14-1-2-17(9)5-8(15-10)16-13/h1-2,5,16H,3-4,13H2,(H2,11,19)(H2,12,20). The highest BCUT2D eigenvalue weighted by Crippen LogP contribution is 2.19. The maximum atomic E-state index is 11.1. The number of nitrogen functional groups attached to an aromatic ring is 1. The number of aromatic nitrogens is 3. The molecule has 0 aliphatic heterocycles. The second kappa shape index (κ2) is 5.40. The van der Waals surface area contributed by atoms with Crippen LogP contribution in [0.3, 0.4) is 0 Å². The van der Waals surface area contributed by atoms with Crippen molar-refractivity contribution in [2.75, 3.05) is 23.4 Å². The van der Waals surface area contributed by atoms with E-state index in [1.165, 1.54) is 4.90 Å². The summed E-state index contributed by atoms with van der Waals surface area (Å²) in [6.45, 7) is -0.432. The average molecular weight is 278 g/mol. The number of nitrogens with two attached hydrogens (primary N) is 3. The molecule has 0 saturated carbocycles. The average Bonchev–Trinajstić information content (AvgIpc) is 2.83. The number of anilines is 2. The van der Waals surface area contributed by atoms with E-state index >= 15 is 0 Å². The monoisotopic (exact) mass is 278 g/mol. The molecule has 0 fully saturated rings. The van der Waals surface area contributed by atoms with E-state index in [9.17, 15) is 9.59 Å². The van der Waals surface area contributed by atoms with Gasteiger partial charge in [-0.3, -0.25) is 9.59 Å². The molecule has 0 saturated heterocycles. The van der Waals surface area contributed by atoms with E-state index in [4.69, 9.17) is 17.3 Å². The molecule has 0 unspecified atom stereocenters. The van der Waals surface area contributed by atoms with E-state index in [1.807, 2.05) is 0 Å². The van der Waals surface area contributed by atoms with Gasteiger partial charge in [0.1, 0.15) is 0 Å². The molecule has 2 aromatic rings. The lowest BCUT2D eigenvalue weighted by Crippen LogP contribution is -2.40.